The molecule has 0 N–H and O–H groups in total. The predicted molar refractivity (Wildman–Crippen MR) is 173 cm³/mol. The van der Waals surface area contributed by atoms with Crippen LogP contribution in [0, 0.1) is 0 Å². The van der Waals surface area contributed by atoms with Crippen LogP contribution in [0.4, 0.5) is 0 Å². The number of hydrogen-bond acceptors (Lipinski definition) is 7. The van der Waals surface area contributed by atoms with Gasteiger partial charge in [-0.15, -0.1) is 0 Å². The Hall–Kier alpha value is -3.66. The minimum absolute atomic E-state index is 0.186. The number of carbonyl (C=O) groups is 1. The van der Waals surface area contributed by atoms with Gasteiger partial charge in [0.15, 0.2) is 4.80 Å². The summed E-state index contributed by atoms with van der Waals surface area (Å²) in [7, 11) is 1.54. The molecule has 0 spiro atoms. The number of allylic oxidation sites excluding steroid dienone is 1. The predicted octanol–water partition coefficient (Wildman–Crippen LogP) is 6.58. The van der Waals surface area contributed by atoms with Crippen LogP contribution in [-0.4, -0.2) is 24.3 Å². The molecule has 3 aromatic carbocycles. The van der Waals surface area contributed by atoms with Crippen LogP contribution in [0.5, 0.6) is 11.5 Å². The Morgan fingerprint density at radius 1 is 1.09 bits per heavy atom. The first-order chi connectivity index (χ1) is 20.8. The normalized spacial score (nSPS) is 14.7. The number of halogens is 2. The Bertz CT molecular complexity index is 1870. The number of aromatic nitrogens is 1. The molecule has 0 aliphatic carbocycles. The summed E-state index contributed by atoms with van der Waals surface area (Å²) in [5.74, 6) is 0.670. The lowest BCUT2D eigenvalue weighted by molar-refractivity contribution is -0.139. The molecule has 5 rings (SSSR count). The molecule has 0 bridgehead atoms. The third kappa shape index (κ3) is 6.64. The van der Waals surface area contributed by atoms with Gasteiger partial charge in [0.2, 0.25) is 0 Å². The molecule has 0 saturated carbocycles. The second-order valence-corrected chi connectivity index (χ2v) is 12.1. The first-order valence-corrected chi connectivity index (χ1v) is 15.8. The maximum atomic E-state index is 14.1. The average Bonchev–Trinajstić information content (AvgIpc) is 3.30. The topological polar surface area (TPSA) is 79.1 Å². The number of methoxy groups -OCH3 is 1. The first-order valence-electron chi connectivity index (χ1n) is 13.9. The van der Waals surface area contributed by atoms with Crippen LogP contribution in [0.3, 0.4) is 0 Å². The van der Waals surface area contributed by atoms with E-state index in [1.165, 1.54) is 11.3 Å². The van der Waals surface area contributed by atoms with E-state index in [0.717, 1.165) is 22.0 Å². The quantitative estimate of drug-likeness (QED) is 0.177. The second kappa shape index (κ2) is 13.8. The van der Waals surface area contributed by atoms with Crippen LogP contribution in [0.25, 0.3) is 6.08 Å². The standard InChI is InChI=1S/C33H30BrClN2O5S/c1-4-9-25-29(32(39)41-5-2)30(23-18-22(35)13-15-26(23)40-3)37-31(38)28(43-33(37)36-25)17-21-12-14-27(24(34)16-21)42-19-20-10-7-6-8-11-20/h6-8,10-18,30H,4-5,9,19H2,1-3H3/b28-17+/t30-/m0/s1. The fourth-order valence-corrected chi connectivity index (χ4v) is 6.66. The van der Waals surface area contributed by atoms with Crippen molar-refractivity contribution >= 4 is 50.9 Å². The van der Waals surface area contributed by atoms with E-state index in [4.69, 9.17) is 30.8 Å². The largest absolute Gasteiger partial charge is 0.496 e. The van der Waals surface area contributed by atoms with Crippen molar-refractivity contribution in [3.63, 3.8) is 0 Å². The highest BCUT2D eigenvalue weighted by atomic mass is 79.9. The lowest BCUT2D eigenvalue weighted by atomic mass is 9.93. The maximum Gasteiger partial charge on any atom is 0.338 e. The Morgan fingerprint density at radius 2 is 1.86 bits per heavy atom. The van der Waals surface area contributed by atoms with E-state index in [-0.39, 0.29) is 12.2 Å². The van der Waals surface area contributed by atoms with Gasteiger partial charge in [-0.05, 0) is 76.8 Å². The maximum absolute atomic E-state index is 14.1. The number of fused-ring (bicyclic) bond motifs is 1. The van der Waals surface area contributed by atoms with E-state index < -0.39 is 12.0 Å². The van der Waals surface area contributed by atoms with Gasteiger partial charge in [-0.25, -0.2) is 9.79 Å². The van der Waals surface area contributed by atoms with E-state index >= 15 is 0 Å². The molecule has 0 saturated heterocycles. The number of nitrogens with zero attached hydrogens (tertiary/aromatic N) is 2. The lowest BCUT2D eigenvalue weighted by Gasteiger charge is -2.27. The number of carbonyl (C=O) groups excluding carboxylic acids is 1. The van der Waals surface area contributed by atoms with Crippen molar-refractivity contribution in [2.45, 2.75) is 39.3 Å². The third-order valence-electron chi connectivity index (χ3n) is 6.87. The van der Waals surface area contributed by atoms with Crippen molar-refractivity contribution in [1.82, 2.24) is 4.57 Å². The molecule has 10 heteroatoms. The van der Waals surface area contributed by atoms with Crippen LogP contribution in [0.15, 0.2) is 92.3 Å². The summed E-state index contributed by atoms with van der Waals surface area (Å²) in [6.45, 7) is 4.39. The summed E-state index contributed by atoms with van der Waals surface area (Å²) in [6.07, 6.45) is 3.11. The number of benzene rings is 3. The minimum Gasteiger partial charge on any atom is -0.496 e. The fraction of sp³-hybridized carbons (Fsp3) is 0.242. The molecule has 0 radical (unpaired) electrons. The molecule has 1 aromatic heterocycles. The van der Waals surface area contributed by atoms with E-state index in [0.29, 0.717) is 55.7 Å². The third-order valence-corrected chi connectivity index (χ3v) is 8.71. The van der Waals surface area contributed by atoms with Gasteiger partial charge in [0.05, 0.1) is 34.0 Å². The zero-order valence-electron chi connectivity index (χ0n) is 23.9. The SMILES string of the molecule is CCCC1=C(C(=O)OCC)[C@H](c2cc(Cl)ccc2OC)n2c(s/c(=C/c3ccc(OCc4ccccc4)c(Br)c3)c2=O)=N1. The van der Waals surface area contributed by atoms with E-state index in [2.05, 4.69) is 15.9 Å². The molecule has 222 valence electrons. The van der Waals surface area contributed by atoms with Crippen molar-refractivity contribution in [3.05, 3.63) is 124 Å². The molecule has 0 amide bonds. The van der Waals surface area contributed by atoms with Crippen LogP contribution in [0.1, 0.15) is 49.4 Å². The molecule has 0 fully saturated rings. The summed E-state index contributed by atoms with van der Waals surface area (Å²) < 4.78 is 19.9. The summed E-state index contributed by atoms with van der Waals surface area (Å²) in [4.78, 5) is 32.8. The molecule has 7 nitrogen and oxygen atoms in total. The highest BCUT2D eigenvalue weighted by Gasteiger charge is 2.36. The van der Waals surface area contributed by atoms with Crippen LogP contribution in [0.2, 0.25) is 5.02 Å². The van der Waals surface area contributed by atoms with Gasteiger partial charge >= 0.3 is 5.97 Å². The van der Waals surface area contributed by atoms with Gasteiger partial charge in [-0.3, -0.25) is 9.36 Å². The lowest BCUT2D eigenvalue weighted by Crippen LogP contribution is -2.40. The molecule has 2 heterocycles. The molecule has 1 atom stereocenters. The van der Waals surface area contributed by atoms with Crippen molar-refractivity contribution in [2.24, 2.45) is 4.99 Å². The van der Waals surface area contributed by atoms with Gasteiger partial charge in [-0.1, -0.05) is 72.7 Å². The van der Waals surface area contributed by atoms with Crippen LogP contribution < -0.4 is 24.4 Å². The fourth-order valence-electron chi connectivity index (χ4n) is 4.94. The Morgan fingerprint density at radius 3 is 2.56 bits per heavy atom. The Kier molecular flexibility index (Phi) is 9.85. The highest BCUT2D eigenvalue weighted by Crippen LogP contribution is 2.38. The number of ether oxygens (including phenoxy) is 3. The number of hydrogen-bond donors (Lipinski definition) is 0. The van der Waals surface area contributed by atoms with E-state index in [1.54, 1.807) is 36.8 Å². The van der Waals surface area contributed by atoms with Crippen LogP contribution in [-0.2, 0) is 16.1 Å². The highest BCUT2D eigenvalue weighted by molar-refractivity contribution is 9.10. The van der Waals surface area contributed by atoms with E-state index in [1.807, 2.05) is 61.5 Å². The number of thiazole rings is 1. The first kappa shape index (κ1) is 30.8. The molecule has 1 aliphatic heterocycles. The van der Waals surface area contributed by atoms with Gasteiger partial charge < -0.3 is 14.2 Å². The molecular weight excluding hydrogens is 652 g/mol. The summed E-state index contributed by atoms with van der Waals surface area (Å²) in [5, 5.41) is 0.453. The van der Waals surface area contributed by atoms with Crippen molar-refractivity contribution in [3.8, 4) is 11.5 Å². The number of esters is 1. The summed E-state index contributed by atoms with van der Waals surface area (Å²) in [5.41, 5.74) is 3.06. The van der Waals surface area contributed by atoms with Crippen molar-refractivity contribution in [2.75, 3.05) is 13.7 Å². The minimum atomic E-state index is -0.826. The average molecular weight is 682 g/mol. The van der Waals surface area contributed by atoms with Crippen molar-refractivity contribution < 1.29 is 19.0 Å². The monoisotopic (exact) mass is 680 g/mol. The molecule has 43 heavy (non-hydrogen) atoms. The Labute approximate surface area is 266 Å². The van der Waals surface area contributed by atoms with Crippen molar-refractivity contribution in [1.29, 1.82) is 0 Å². The van der Waals surface area contributed by atoms with Gasteiger partial charge in [-0.2, -0.15) is 0 Å². The number of rotatable bonds is 10. The zero-order valence-corrected chi connectivity index (χ0v) is 27.1. The van der Waals surface area contributed by atoms with Gasteiger partial charge in [0, 0.05) is 10.6 Å². The smallest absolute Gasteiger partial charge is 0.338 e. The molecule has 0 unspecified atom stereocenters. The molecule has 1 aliphatic rings. The zero-order chi connectivity index (χ0) is 30.5. The van der Waals surface area contributed by atoms with Gasteiger partial charge in [0.25, 0.3) is 5.56 Å². The summed E-state index contributed by atoms with van der Waals surface area (Å²) in [6, 6.07) is 19.9. The molecule has 4 aromatic rings. The second-order valence-electron chi connectivity index (χ2n) is 9.76. The summed E-state index contributed by atoms with van der Waals surface area (Å²) >= 11 is 11.3. The molecular formula is C33H30BrClN2O5S. The Balaban J connectivity index is 1.62. The van der Waals surface area contributed by atoms with Gasteiger partial charge in [0.1, 0.15) is 24.1 Å². The van der Waals surface area contributed by atoms with E-state index in [9.17, 15) is 9.59 Å². The van der Waals surface area contributed by atoms with Crippen LogP contribution >= 0.6 is 38.9 Å².